The first-order chi connectivity index (χ1) is 14.0. The van der Waals surface area contributed by atoms with Gasteiger partial charge in [0, 0.05) is 31.4 Å². The lowest BCUT2D eigenvalue weighted by atomic mass is 10.1. The second-order valence-corrected chi connectivity index (χ2v) is 9.83. The van der Waals surface area contributed by atoms with Crippen LogP contribution in [0.5, 0.6) is 0 Å². The van der Waals surface area contributed by atoms with Crippen LogP contribution in [0.1, 0.15) is 30.5 Å². The average molecular weight is 430 g/mol. The first kappa shape index (κ1) is 22.0. The van der Waals surface area contributed by atoms with Gasteiger partial charge in [-0.1, -0.05) is 12.1 Å². The van der Waals surface area contributed by atoms with Crippen LogP contribution in [0.3, 0.4) is 0 Å². The number of benzene rings is 2. The number of sulfonamides is 1. The number of rotatable bonds is 5. The zero-order valence-corrected chi connectivity index (χ0v) is 18.7. The van der Waals surface area contributed by atoms with E-state index in [1.807, 2.05) is 32.9 Å². The van der Waals surface area contributed by atoms with E-state index in [1.54, 1.807) is 23.1 Å². The van der Waals surface area contributed by atoms with Crippen molar-refractivity contribution >= 4 is 33.2 Å². The molecule has 0 saturated carbocycles. The molecule has 1 aliphatic rings. The number of aryl methyl sites for hydroxylation is 1. The SMILES string of the molecule is CC(=O)N1c2ccc(S(=O)(=O)N(C)CC(=O)Nc3cccc(C)c3C)cc2CC1C. The summed E-state index contributed by atoms with van der Waals surface area (Å²) >= 11 is 0. The first-order valence-electron chi connectivity index (χ1n) is 9.77. The number of hydrogen-bond acceptors (Lipinski definition) is 4. The van der Waals surface area contributed by atoms with Crippen molar-refractivity contribution in [3.8, 4) is 0 Å². The van der Waals surface area contributed by atoms with Crippen LogP contribution < -0.4 is 10.2 Å². The molecule has 1 heterocycles. The number of amides is 2. The van der Waals surface area contributed by atoms with E-state index >= 15 is 0 Å². The summed E-state index contributed by atoms with van der Waals surface area (Å²) < 4.78 is 27.0. The Hall–Kier alpha value is -2.71. The molecular formula is C22H27N3O4S. The summed E-state index contributed by atoms with van der Waals surface area (Å²) in [4.78, 5) is 26.1. The van der Waals surface area contributed by atoms with Crippen LogP contribution in [-0.4, -0.2) is 44.2 Å². The third-order valence-corrected chi connectivity index (χ3v) is 7.36. The third-order valence-electron chi connectivity index (χ3n) is 5.56. The van der Waals surface area contributed by atoms with Gasteiger partial charge >= 0.3 is 0 Å². The fourth-order valence-electron chi connectivity index (χ4n) is 3.79. The average Bonchev–Trinajstić information content (AvgIpc) is 3.00. The summed E-state index contributed by atoms with van der Waals surface area (Å²) in [5.74, 6) is -0.482. The summed E-state index contributed by atoms with van der Waals surface area (Å²) in [5.41, 5.74) is 4.21. The van der Waals surface area contributed by atoms with Crippen molar-refractivity contribution in [1.29, 1.82) is 0 Å². The first-order valence-corrected chi connectivity index (χ1v) is 11.2. The second kappa shape index (κ2) is 8.20. The van der Waals surface area contributed by atoms with Gasteiger partial charge in [0.2, 0.25) is 21.8 Å². The van der Waals surface area contributed by atoms with Crippen molar-refractivity contribution in [1.82, 2.24) is 4.31 Å². The molecule has 2 aromatic rings. The highest BCUT2D eigenvalue weighted by Gasteiger charge is 2.31. The van der Waals surface area contributed by atoms with Crippen molar-refractivity contribution < 1.29 is 18.0 Å². The van der Waals surface area contributed by atoms with Crippen LogP contribution in [0.25, 0.3) is 0 Å². The van der Waals surface area contributed by atoms with Crippen LogP contribution in [0.4, 0.5) is 11.4 Å². The summed E-state index contributed by atoms with van der Waals surface area (Å²) in [6.07, 6.45) is 0.592. The Morgan fingerprint density at radius 1 is 1.20 bits per heavy atom. The number of carbonyl (C=O) groups is 2. The molecule has 8 heteroatoms. The minimum atomic E-state index is -3.85. The predicted octanol–water partition coefficient (Wildman–Crippen LogP) is 2.86. The summed E-state index contributed by atoms with van der Waals surface area (Å²) in [6, 6.07) is 10.3. The van der Waals surface area contributed by atoms with Gasteiger partial charge in [-0.2, -0.15) is 4.31 Å². The van der Waals surface area contributed by atoms with Crippen molar-refractivity contribution in [3.63, 3.8) is 0 Å². The van der Waals surface area contributed by atoms with E-state index in [2.05, 4.69) is 5.32 Å². The van der Waals surface area contributed by atoms with Crippen molar-refractivity contribution in [3.05, 3.63) is 53.1 Å². The van der Waals surface area contributed by atoms with Crippen LogP contribution >= 0.6 is 0 Å². The van der Waals surface area contributed by atoms with E-state index in [0.717, 1.165) is 26.7 Å². The minimum Gasteiger partial charge on any atom is -0.325 e. The van der Waals surface area contributed by atoms with E-state index in [4.69, 9.17) is 0 Å². The molecule has 0 aromatic heterocycles. The Balaban J connectivity index is 1.77. The number of nitrogens with one attached hydrogen (secondary N) is 1. The number of carbonyl (C=O) groups excluding carboxylic acids is 2. The monoisotopic (exact) mass is 429 g/mol. The number of nitrogens with zero attached hydrogens (tertiary/aromatic N) is 2. The normalized spacial score (nSPS) is 15.9. The maximum Gasteiger partial charge on any atom is 0.243 e. The highest BCUT2D eigenvalue weighted by atomic mass is 32.2. The van der Waals surface area contributed by atoms with Gasteiger partial charge in [0.15, 0.2) is 0 Å². The van der Waals surface area contributed by atoms with Gasteiger partial charge in [-0.25, -0.2) is 8.42 Å². The summed E-state index contributed by atoms with van der Waals surface area (Å²) in [6.45, 7) is 6.98. The lowest BCUT2D eigenvalue weighted by Gasteiger charge is -2.21. The number of hydrogen-bond donors (Lipinski definition) is 1. The molecule has 0 bridgehead atoms. The fraction of sp³-hybridized carbons (Fsp3) is 0.364. The second-order valence-electron chi connectivity index (χ2n) is 7.79. The molecule has 2 amide bonds. The molecular weight excluding hydrogens is 402 g/mol. The van der Waals surface area contributed by atoms with Crippen LogP contribution in [0.15, 0.2) is 41.3 Å². The van der Waals surface area contributed by atoms with E-state index in [9.17, 15) is 18.0 Å². The highest BCUT2D eigenvalue weighted by molar-refractivity contribution is 7.89. The Morgan fingerprint density at radius 2 is 1.90 bits per heavy atom. The number of anilines is 2. The van der Waals surface area contributed by atoms with Gasteiger partial charge in [0.1, 0.15) is 0 Å². The Bertz CT molecular complexity index is 1110. The zero-order valence-electron chi connectivity index (χ0n) is 17.9. The smallest absolute Gasteiger partial charge is 0.243 e. The molecule has 160 valence electrons. The number of likely N-dealkylation sites (N-methyl/N-ethyl adjacent to an activating group) is 1. The molecule has 1 atom stereocenters. The molecule has 0 fully saturated rings. The topological polar surface area (TPSA) is 86.8 Å². The molecule has 0 spiro atoms. The molecule has 1 unspecified atom stereocenters. The van der Waals surface area contributed by atoms with Gasteiger partial charge in [0.25, 0.3) is 0 Å². The van der Waals surface area contributed by atoms with E-state index in [-0.39, 0.29) is 23.4 Å². The molecule has 0 aliphatic carbocycles. The molecule has 1 aliphatic heterocycles. The van der Waals surface area contributed by atoms with Crippen LogP contribution in [0, 0.1) is 13.8 Å². The lowest BCUT2D eigenvalue weighted by Crippen LogP contribution is -2.35. The molecule has 2 aromatic carbocycles. The van der Waals surface area contributed by atoms with E-state index in [1.165, 1.54) is 20.0 Å². The summed E-state index contributed by atoms with van der Waals surface area (Å²) in [7, 11) is -2.47. The van der Waals surface area contributed by atoms with E-state index in [0.29, 0.717) is 12.1 Å². The van der Waals surface area contributed by atoms with Crippen LogP contribution in [-0.2, 0) is 26.0 Å². The molecule has 0 saturated heterocycles. The predicted molar refractivity (Wildman–Crippen MR) is 117 cm³/mol. The van der Waals surface area contributed by atoms with Crippen molar-refractivity contribution in [2.45, 2.75) is 45.1 Å². The van der Waals surface area contributed by atoms with Crippen molar-refractivity contribution in [2.75, 3.05) is 23.8 Å². The van der Waals surface area contributed by atoms with Gasteiger partial charge in [0.05, 0.1) is 11.4 Å². The molecule has 1 N–H and O–H groups in total. The standard InChI is InChI=1S/C22H27N3O4S/c1-14-7-6-8-20(16(14)3)23-22(27)13-24(5)30(28,29)19-9-10-21-18(12-19)11-15(2)25(21)17(4)26/h6-10,12,15H,11,13H2,1-5H3,(H,23,27). The summed E-state index contributed by atoms with van der Waals surface area (Å²) in [5, 5.41) is 2.78. The Kier molecular flexibility index (Phi) is 6.01. The minimum absolute atomic E-state index is 0.0171. The zero-order chi connectivity index (χ0) is 22.2. The van der Waals surface area contributed by atoms with Gasteiger partial charge in [-0.3, -0.25) is 9.59 Å². The molecule has 7 nitrogen and oxygen atoms in total. The highest BCUT2D eigenvalue weighted by Crippen LogP contribution is 2.34. The largest absolute Gasteiger partial charge is 0.325 e. The van der Waals surface area contributed by atoms with Gasteiger partial charge < -0.3 is 10.2 Å². The maximum atomic E-state index is 13.0. The third kappa shape index (κ3) is 4.11. The molecule has 30 heavy (non-hydrogen) atoms. The van der Waals surface area contributed by atoms with Crippen molar-refractivity contribution in [2.24, 2.45) is 0 Å². The maximum absolute atomic E-state index is 13.0. The van der Waals surface area contributed by atoms with Gasteiger partial charge in [-0.15, -0.1) is 0 Å². The fourth-order valence-corrected chi connectivity index (χ4v) is 4.97. The van der Waals surface area contributed by atoms with Crippen LogP contribution in [0.2, 0.25) is 0 Å². The quantitative estimate of drug-likeness (QED) is 0.792. The lowest BCUT2D eigenvalue weighted by molar-refractivity contribution is -0.117. The Morgan fingerprint density at radius 3 is 2.57 bits per heavy atom. The molecule has 0 radical (unpaired) electrons. The molecule has 3 rings (SSSR count). The van der Waals surface area contributed by atoms with Gasteiger partial charge in [-0.05, 0) is 68.1 Å². The number of fused-ring (bicyclic) bond motifs is 1. The Labute approximate surface area is 177 Å². The van der Waals surface area contributed by atoms with E-state index < -0.39 is 15.9 Å².